The molecule has 9 heteroatoms. The topological polar surface area (TPSA) is 92.1 Å². The highest BCUT2D eigenvalue weighted by atomic mass is 32.1. The fraction of sp³-hybridized carbons (Fsp3) is 0.462. The first-order chi connectivity index (χ1) is 10.4. The van der Waals surface area contributed by atoms with Crippen molar-refractivity contribution < 1.29 is 9.53 Å². The molecule has 1 saturated carbocycles. The number of primary amides is 1. The highest BCUT2D eigenvalue weighted by Crippen LogP contribution is 2.35. The van der Waals surface area contributed by atoms with Crippen LogP contribution >= 0.6 is 24.0 Å². The molecule has 0 spiro atoms. The molecule has 0 aliphatic heterocycles. The van der Waals surface area contributed by atoms with E-state index in [2.05, 4.69) is 37.0 Å². The van der Waals surface area contributed by atoms with E-state index in [1.807, 2.05) is 0 Å². The number of hydrogen-bond donors (Lipinski definition) is 2. The Morgan fingerprint density at radius 1 is 1.50 bits per heavy atom. The third kappa shape index (κ3) is 3.36. The van der Waals surface area contributed by atoms with Crippen LogP contribution in [0.15, 0.2) is 15.1 Å². The molecule has 0 aromatic carbocycles. The largest absolute Gasteiger partial charge is 0.467 e. The molecule has 0 radical (unpaired) electrons. The van der Waals surface area contributed by atoms with Crippen molar-refractivity contribution in [3.05, 3.63) is 26.3 Å². The van der Waals surface area contributed by atoms with Crippen molar-refractivity contribution in [1.82, 2.24) is 14.3 Å². The van der Waals surface area contributed by atoms with E-state index >= 15 is 0 Å². The van der Waals surface area contributed by atoms with E-state index < -0.39 is 11.7 Å². The van der Waals surface area contributed by atoms with Crippen LogP contribution < -0.4 is 16.2 Å². The number of aryl methyl sites for hydroxylation is 2. The lowest BCUT2D eigenvalue weighted by molar-refractivity contribution is 0.246. The van der Waals surface area contributed by atoms with Gasteiger partial charge in [-0.25, -0.2) is 14.2 Å². The normalized spacial score (nSPS) is 13.5. The Bertz CT molecular complexity index is 724. The number of nitrogens with zero attached hydrogens (tertiary/aromatic N) is 3. The molecule has 1 fully saturated rings. The zero-order valence-corrected chi connectivity index (χ0v) is 14.3. The van der Waals surface area contributed by atoms with Gasteiger partial charge in [0, 0.05) is 15.8 Å². The van der Waals surface area contributed by atoms with Crippen molar-refractivity contribution >= 4 is 30.0 Å². The Morgan fingerprint density at radius 2 is 2.14 bits per heavy atom. The van der Waals surface area contributed by atoms with E-state index in [0.717, 1.165) is 17.7 Å². The van der Waals surface area contributed by atoms with Crippen LogP contribution in [0.5, 0.6) is 6.01 Å². The summed E-state index contributed by atoms with van der Waals surface area (Å²) in [6.45, 7) is 4.16. The van der Waals surface area contributed by atoms with Crippen LogP contribution in [0, 0.1) is 13.8 Å². The van der Waals surface area contributed by atoms with Crippen molar-refractivity contribution in [2.45, 2.75) is 37.6 Å². The second-order valence-electron chi connectivity index (χ2n) is 4.94. The van der Waals surface area contributed by atoms with Gasteiger partial charge in [-0.05, 0) is 37.6 Å². The molecule has 2 aromatic heterocycles. The molecule has 22 heavy (non-hydrogen) atoms. The molecule has 7 nitrogen and oxygen atoms in total. The first kappa shape index (κ1) is 16.6. The summed E-state index contributed by atoms with van der Waals surface area (Å²) in [6.07, 6.45) is 1.81. The Morgan fingerprint density at radius 3 is 2.45 bits per heavy atom. The second-order valence-corrected chi connectivity index (χ2v) is 6.47. The molecule has 0 atom stereocenters. The molecule has 0 unspecified atom stereocenters. The minimum Gasteiger partial charge on any atom is -0.467 e. The first-order valence-electron chi connectivity index (χ1n) is 6.65. The van der Waals surface area contributed by atoms with Crippen molar-refractivity contribution in [1.29, 1.82) is 0 Å². The minimum absolute atomic E-state index is 0.102. The molecular weight excluding hydrogens is 324 g/mol. The monoisotopic (exact) mass is 342 g/mol. The molecule has 3 rings (SSSR count). The smallest absolute Gasteiger partial charge is 0.357 e. The van der Waals surface area contributed by atoms with Crippen molar-refractivity contribution in [3.63, 3.8) is 0 Å². The number of amides is 1. The Labute approximate surface area is 137 Å². The lowest BCUT2D eigenvalue weighted by Crippen LogP contribution is -2.33. The number of thiophene rings is 1. The summed E-state index contributed by atoms with van der Waals surface area (Å²) < 4.78 is 6.84. The van der Waals surface area contributed by atoms with E-state index in [0.29, 0.717) is 4.68 Å². The van der Waals surface area contributed by atoms with Gasteiger partial charge >= 0.3 is 17.7 Å². The van der Waals surface area contributed by atoms with Crippen molar-refractivity contribution in [2.24, 2.45) is 5.73 Å². The summed E-state index contributed by atoms with van der Waals surface area (Å²) in [7, 11) is 1.39. The van der Waals surface area contributed by atoms with Crippen molar-refractivity contribution in [3.8, 4) is 6.01 Å². The average Bonchev–Trinajstić information content (AvgIpc) is 3.20. The Kier molecular flexibility index (Phi) is 4.97. The number of carbonyl (C=O) groups is 1. The van der Waals surface area contributed by atoms with E-state index in [1.165, 1.54) is 22.1 Å². The predicted octanol–water partition coefficient (Wildman–Crippen LogP) is 1.97. The summed E-state index contributed by atoms with van der Waals surface area (Å²) in [5.41, 5.74) is 5.72. The number of carbonyl (C=O) groups excluding carboxylic acids is 1. The molecule has 1 aliphatic rings. The van der Waals surface area contributed by atoms with Gasteiger partial charge in [-0.15, -0.1) is 33.7 Å². The van der Waals surface area contributed by atoms with E-state index in [4.69, 9.17) is 10.5 Å². The lowest BCUT2D eigenvalue weighted by atomic mass is 10.3. The van der Waals surface area contributed by atoms with E-state index in [9.17, 15) is 9.59 Å². The first-order valence-corrected chi connectivity index (χ1v) is 7.98. The van der Waals surface area contributed by atoms with Gasteiger partial charge < -0.3 is 10.5 Å². The maximum atomic E-state index is 11.6. The highest BCUT2D eigenvalue weighted by molar-refractivity contribution is 7.80. The molecule has 2 aromatic rings. The fourth-order valence-corrected chi connectivity index (χ4v) is 2.91. The van der Waals surface area contributed by atoms with Crippen LogP contribution in [0.1, 0.15) is 29.3 Å². The number of aromatic nitrogens is 3. The van der Waals surface area contributed by atoms with E-state index in [-0.39, 0.29) is 12.1 Å². The number of methoxy groups -OCH3 is 1. The maximum Gasteiger partial charge on any atom is 0.357 e. The van der Waals surface area contributed by atoms with Crippen LogP contribution in [0.25, 0.3) is 0 Å². The van der Waals surface area contributed by atoms with Crippen LogP contribution in [0.4, 0.5) is 4.79 Å². The summed E-state index contributed by atoms with van der Waals surface area (Å²) in [4.78, 5) is 24.8. The molecule has 0 bridgehead atoms. The van der Waals surface area contributed by atoms with Crippen molar-refractivity contribution in [2.75, 3.05) is 7.11 Å². The standard InChI is InChI=1S/C7H10N4O3.C6H8S2/c1-14-6-9-11(5(8)12)7(13)10(6)4-2-3-4;1-4-3-8-5(2)6(4)7/h4H,2-3H2,1H3,(H2,8,12);3,7H,1-2H3. The third-order valence-electron chi connectivity index (χ3n) is 3.20. The molecule has 2 N–H and O–H groups in total. The minimum atomic E-state index is -0.896. The van der Waals surface area contributed by atoms with Gasteiger partial charge in [0.2, 0.25) is 0 Å². The number of ether oxygens (including phenoxy) is 1. The number of nitrogens with two attached hydrogens (primary N) is 1. The Balaban J connectivity index is 0.000000188. The zero-order valence-electron chi connectivity index (χ0n) is 12.6. The van der Waals surface area contributed by atoms with E-state index in [1.54, 1.807) is 11.3 Å². The maximum absolute atomic E-state index is 11.6. The lowest BCUT2D eigenvalue weighted by Gasteiger charge is -1.98. The molecule has 2 heterocycles. The number of thiol groups is 1. The summed E-state index contributed by atoms with van der Waals surface area (Å²) >= 11 is 6.03. The summed E-state index contributed by atoms with van der Waals surface area (Å²) in [5.74, 6) is 0. The third-order valence-corrected chi connectivity index (χ3v) is 5.07. The SMILES string of the molecule is COc1nn(C(N)=O)c(=O)n1C1CC1.Cc1csc(C)c1S. The van der Waals surface area contributed by atoms with Gasteiger partial charge in [0.25, 0.3) is 0 Å². The average molecular weight is 342 g/mol. The molecular formula is C13H18N4O3S2. The zero-order chi connectivity index (χ0) is 16.4. The fourth-order valence-electron chi connectivity index (χ4n) is 1.85. The summed E-state index contributed by atoms with van der Waals surface area (Å²) in [5, 5.41) is 5.78. The number of rotatable bonds is 2. The number of hydrogen-bond acceptors (Lipinski definition) is 6. The quantitative estimate of drug-likeness (QED) is 0.816. The van der Waals surface area contributed by atoms with Gasteiger partial charge in [0.1, 0.15) is 0 Å². The van der Waals surface area contributed by atoms with Gasteiger partial charge in [-0.3, -0.25) is 0 Å². The van der Waals surface area contributed by atoms with Crippen LogP contribution in [0.2, 0.25) is 0 Å². The molecule has 1 amide bonds. The van der Waals surface area contributed by atoms with Gasteiger partial charge in [0.15, 0.2) is 0 Å². The van der Waals surface area contributed by atoms with Gasteiger partial charge in [-0.1, -0.05) is 0 Å². The molecule has 120 valence electrons. The molecule has 0 saturated heterocycles. The molecule has 1 aliphatic carbocycles. The van der Waals surface area contributed by atoms with Gasteiger partial charge in [0.05, 0.1) is 7.11 Å². The van der Waals surface area contributed by atoms with Crippen LogP contribution in [0.3, 0.4) is 0 Å². The van der Waals surface area contributed by atoms with Crippen LogP contribution in [-0.4, -0.2) is 27.5 Å². The predicted molar refractivity (Wildman–Crippen MR) is 87.3 cm³/mol. The highest BCUT2D eigenvalue weighted by Gasteiger charge is 2.31. The summed E-state index contributed by atoms with van der Waals surface area (Å²) in [6, 6.07) is -0.658. The van der Waals surface area contributed by atoms with Crippen LogP contribution in [-0.2, 0) is 0 Å². The Hall–Kier alpha value is -1.74. The van der Waals surface area contributed by atoms with Gasteiger partial charge in [-0.2, -0.15) is 0 Å². The second kappa shape index (κ2) is 6.57.